The number of hydrogen-bond donors (Lipinski definition) is 2. The first-order valence-corrected chi connectivity index (χ1v) is 3.07. The standard InChI is InChI=1S/C5H9NO2.C2H6O/c1-4(2-3-7)5(6)8;1-3-2/h2,7H,3H2,1H3,(H2,6,8);1-2H3. The van der Waals surface area contributed by atoms with E-state index in [1.807, 2.05) is 0 Å². The summed E-state index contributed by atoms with van der Waals surface area (Å²) in [6, 6.07) is 0. The third-order valence-electron chi connectivity index (χ3n) is 0.786. The Labute approximate surface area is 66.7 Å². The van der Waals surface area contributed by atoms with Crippen LogP contribution in [0.3, 0.4) is 0 Å². The smallest absolute Gasteiger partial charge is 0.244 e. The molecule has 11 heavy (non-hydrogen) atoms. The monoisotopic (exact) mass is 161 g/mol. The van der Waals surface area contributed by atoms with Crippen LogP contribution in [0.5, 0.6) is 0 Å². The van der Waals surface area contributed by atoms with E-state index in [-0.39, 0.29) is 6.61 Å². The van der Waals surface area contributed by atoms with Gasteiger partial charge in [0.25, 0.3) is 0 Å². The summed E-state index contributed by atoms with van der Waals surface area (Å²) in [6.07, 6.45) is 1.36. The van der Waals surface area contributed by atoms with Crippen molar-refractivity contribution in [1.82, 2.24) is 0 Å². The molecule has 4 nitrogen and oxygen atoms in total. The van der Waals surface area contributed by atoms with Crippen LogP contribution in [0.4, 0.5) is 0 Å². The minimum atomic E-state index is -0.487. The predicted octanol–water partition coefficient (Wildman–Crippen LogP) is -0.327. The molecule has 0 spiro atoms. The molecule has 0 atom stereocenters. The highest BCUT2D eigenvalue weighted by atomic mass is 16.4. The summed E-state index contributed by atoms with van der Waals surface area (Å²) in [5.74, 6) is -0.487. The fraction of sp³-hybridized carbons (Fsp3) is 0.571. The minimum absolute atomic E-state index is 0.130. The Morgan fingerprint density at radius 1 is 1.64 bits per heavy atom. The van der Waals surface area contributed by atoms with Gasteiger partial charge in [-0.05, 0) is 6.92 Å². The van der Waals surface area contributed by atoms with Crippen molar-refractivity contribution in [1.29, 1.82) is 0 Å². The van der Waals surface area contributed by atoms with Gasteiger partial charge in [-0.1, -0.05) is 6.08 Å². The first-order valence-electron chi connectivity index (χ1n) is 3.07. The van der Waals surface area contributed by atoms with Crippen molar-refractivity contribution in [3.8, 4) is 0 Å². The van der Waals surface area contributed by atoms with E-state index in [4.69, 9.17) is 10.8 Å². The number of aliphatic hydroxyl groups excluding tert-OH is 1. The number of aliphatic hydroxyl groups is 1. The van der Waals surface area contributed by atoms with Crippen LogP contribution in [0.25, 0.3) is 0 Å². The first kappa shape index (κ1) is 12.8. The Balaban J connectivity index is 0. The van der Waals surface area contributed by atoms with Crippen molar-refractivity contribution in [3.05, 3.63) is 11.6 Å². The molecule has 0 radical (unpaired) electrons. The third-order valence-corrected chi connectivity index (χ3v) is 0.786. The van der Waals surface area contributed by atoms with Crippen molar-refractivity contribution in [2.24, 2.45) is 5.73 Å². The number of nitrogens with two attached hydrogens (primary N) is 1. The van der Waals surface area contributed by atoms with Gasteiger partial charge in [0.05, 0.1) is 6.61 Å². The van der Waals surface area contributed by atoms with E-state index in [0.29, 0.717) is 5.57 Å². The van der Waals surface area contributed by atoms with Crippen molar-refractivity contribution < 1.29 is 14.6 Å². The van der Waals surface area contributed by atoms with Crippen LogP contribution < -0.4 is 5.73 Å². The predicted molar refractivity (Wildman–Crippen MR) is 43.0 cm³/mol. The lowest BCUT2D eigenvalue weighted by Crippen LogP contribution is -2.11. The summed E-state index contributed by atoms with van der Waals surface area (Å²) in [4.78, 5) is 10.1. The van der Waals surface area contributed by atoms with E-state index in [1.165, 1.54) is 6.08 Å². The zero-order valence-electron chi connectivity index (χ0n) is 7.13. The van der Waals surface area contributed by atoms with Gasteiger partial charge in [-0.15, -0.1) is 0 Å². The summed E-state index contributed by atoms with van der Waals surface area (Å²) < 4.78 is 4.25. The maximum Gasteiger partial charge on any atom is 0.244 e. The number of primary amides is 1. The molecule has 3 N–H and O–H groups in total. The van der Waals surface area contributed by atoms with Crippen molar-refractivity contribution in [3.63, 3.8) is 0 Å². The number of carbonyl (C=O) groups excluding carboxylic acids is 1. The van der Waals surface area contributed by atoms with Gasteiger partial charge < -0.3 is 15.6 Å². The van der Waals surface area contributed by atoms with Gasteiger partial charge in [0.2, 0.25) is 5.91 Å². The molecule has 0 aliphatic carbocycles. The van der Waals surface area contributed by atoms with Crippen molar-refractivity contribution >= 4 is 5.91 Å². The molecule has 0 unspecified atom stereocenters. The average Bonchev–Trinajstić information content (AvgIpc) is 1.90. The van der Waals surface area contributed by atoms with Gasteiger partial charge in [0, 0.05) is 19.8 Å². The van der Waals surface area contributed by atoms with Crippen molar-refractivity contribution in [2.75, 3.05) is 20.8 Å². The highest BCUT2D eigenvalue weighted by Crippen LogP contribution is 1.86. The first-order chi connectivity index (χ1) is 5.09. The lowest BCUT2D eigenvalue weighted by Gasteiger charge is -1.88. The highest BCUT2D eigenvalue weighted by molar-refractivity contribution is 5.91. The molecule has 0 rings (SSSR count). The molecular weight excluding hydrogens is 146 g/mol. The Morgan fingerprint density at radius 2 is 2.00 bits per heavy atom. The molecule has 66 valence electrons. The van der Waals surface area contributed by atoms with Crippen LogP contribution in [-0.4, -0.2) is 31.8 Å². The molecule has 0 aliphatic heterocycles. The normalized spacial score (nSPS) is 10.0. The molecule has 0 saturated heterocycles. The zero-order chi connectivity index (χ0) is 9.28. The molecule has 0 aromatic heterocycles. The van der Waals surface area contributed by atoms with E-state index in [9.17, 15) is 4.79 Å². The molecule has 0 aromatic rings. The minimum Gasteiger partial charge on any atom is -0.392 e. The molecular formula is C7H15NO3. The summed E-state index contributed by atoms with van der Waals surface area (Å²) in [5, 5.41) is 8.20. The molecule has 1 amide bonds. The number of ether oxygens (including phenoxy) is 1. The van der Waals surface area contributed by atoms with Gasteiger partial charge in [0.1, 0.15) is 0 Å². The second kappa shape index (κ2) is 9.13. The second-order valence-electron chi connectivity index (χ2n) is 1.84. The van der Waals surface area contributed by atoms with Crippen LogP contribution in [0.2, 0.25) is 0 Å². The van der Waals surface area contributed by atoms with Gasteiger partial charge in [-0.2, -0.15) is 0 Å². The Morgan fingerprint density at radius 3 is 2.09 bits per heavy atom. The number of methoxy groups -OCH3 is 1. The summed E-state index contributed by atoms with van der Waals surface area (Å²) in [7, 11) is 3.25. The maximum atomic E-state index is 10.1. The maximum absolute atomic E-state index is 10.1. The fourth-order valence-electron chi connectivity index (χ4n) is 0.238. The molecule has 0 saturated carbocycles. The van der Waals surface area contributed by atoms with Gasteiger partial charge >= 0.3 is 0 Å². The van der Waals surface area contributed by atoms with Gasteiger partial charge in [-0.25, -0.2) is 0 Å². The number of rotatable bonds is 2. The third kappa shape index (κ3) is 12.4. The summed E-state index contributed by atoms with van der Waals surface area (Å²) in [5.41, 5.74) is 5.20. The molecule has 0 fully saturated rings. The van der Waals surface area contributed by atoms with E-state index in [1.54, 1.807) is 21.1 Å². The van der Waals surface area contributed by atoms with E-state index < -0.39 is 5.91 Å². The number of carbonyl (C=O) groups is 1. The lowest BCUT2D eigenvalue weighted by molar-refractivity contribution is -0.114. The molecule has 0 aliphatic rings. The SMILES string of the molecule is CC(=CCO)C(N)=O.COC. The quantitative estimate of drug-likeness (QED) is 0.545. The van der Waals surface area contributed by atoms with E-state index in [0.717, 1.165) is 0 Å². The number of hydrogen-bond acceptors (Lipinski definition) is 3. The average molecular weight is 161 g/mol. The molecule has 0 bridgehead atoms. The van der Waals surface area contributed by atoms with Crippen LogP contribution in [0.15, 0.2) is 11.6 Å². The van der Waals surface area contributed by atoms with Crippen LogP contribution >= 0.6 is 0 Å². The van der Waals surface area contributed by atoms with E-state index >= 15 is 0 Å². The van der Waals surface area contributed by atoms with Crippen LogP contribution in [-0.2, 0) is 9.53 Å². The lowest BCUT2D eigenvalue weighted by atomic mass is 10.3. The Hall–Kier alpha value is -0.870. The summed E-state index contributed by atoms with van der Waals surface area (Å²) >= 11 is 0. The van der Waals surface area contributed by atoms with Crippen LogP contribution in [0.1, 0.15) is 6.92 Å². The molecule has 0 heterocycles. The fourth-order valence-corrected chi connectivity index (χ4v) is 0.238. The molecule has 0 aromatic carbocycles. The van der Waals surface area contributed by atoms with Crippen LogP contribution in [0, 0.1) is 0 Å². The van der Waals surface area contributed by atoms with Gasteiger partial charge in [0.15, 0.2) is 0 Å². The molecule has 4 heteroatoms. The summed E-state index contributed by atoms with van der Waals surface area (Å²) in [6.45, 7) is 1.42. The van der Waals surface area contributed by atoms with E-state index in [2.05, 4.69) is 4.74 Å². The Bertz CT molecular complexity index is 132. The topological polar surface area (TPSA) is 72.5 Å². The number of amides is 1. The van der Waals surface area contributed by atoms with Crippen molar-refractivity contribution in [2.45, 2.75) is 6.92 Å². The zero-order valence-corrected chi connectivity index (χ0v) is 7.13. The van der Waals surface area contributed by atoms with Gasteiger partial charge in [-0.3, -0.25) is 4.79 Å². The highest BCUT2D eigenvalue weighted by Gasteiger charge is 1.92. The second-order valence-corrected chi connectivity index (χ2v) is 1.84. The Kier molecular flexibility index (Phi) is 10.6. The largest absolute Gasteiger partial charge is 0.392 e.